The van der Waals surface area contributed by atoms with E-state index in [1.165, 1.54) is 11.9 Å². The number of imide groups is 1. The average Bonchev–Trinajstić information content (AvgIpc) is 2.81. The summed E-state index contributed by atoms with van der Waals surface area (Å²) in [6.45, 7) is 5.43. The van der Waals surface area contributed by atoms with E-state index in [0.29, 0.717) is 37.2 Å². The van der Waals surface area contributed by atoms with Crippen molar-refractivity contribution in [2.24, 2.45) is 10.9 Å². The predicted octanol–water partition coefficient (Wildman–Crippen LogP) is -0.713. The summed E-state index contributed by atoms with van der Waals surface area (Å²) in [5.74, 6) is 1.12. The molecule has 8 heteroatoms. The first kappa shape index (κ1) is 16.4. The van der Waals surface area contributed by atoms with Gasteiger partial charge in [0.1, 0.15) is 0 Å². The van der Waals surface area contributed by atoms with E-state index in [2.05, 4.69) is 24.2 Å². The van der Waals surface area contributed by atoms with Gasteiger partial charge in [0.25, 0.3) is 5.91 Å². The minimum atomic E-state index is -0.563. The molecule has 2 aliphatic heterocycles. The Bertz CT molecular complexity index is 541. The lowest BCUT2D eigenvalue weighted by atomic mass is 10.1. The number of amides is 3. The molecular formula is C14H24N5O3+. The molecule has 1 unspecified atom stereocenters. The molecule has 0 aliphatic carbocycles. The molecule has 2 rings (SSSR count). The van der Waals surface area contributed by atoms with E-state index in [4.69, 9.17) is 5.11 Å². The maximum absolute atomic E-state index is 12.5. The molecule has 2 heterocycles. The molecule has 2 aliphatic rings. The number of hydrogen-bond donors (Lipinski definition) is 2. The van der Waals surface area contributed by atoms with Crippen LogP contribution in [0.3, 0.4) is 0 Å². The van der Waals surface area contributed by atoms with Crippen LogP contribution in [0.1, 0.15) is 20.3 Å². The highest BCUT2D eigenvalue weighted by Crippen LogP contribution is 2.19. The van der Waals surface area contributed by atoms with E-state index >= 15 is 0 Å². The zero-order valence-electron chi connectivity index (χ0n) is 13.5. The molecule has 0 bridgehead atoms. The Morgan fingerprint density at radius 3 is 2.59 bits per heavy atom. The third-order valence-electron chi connectivity index (χ3n) is 3.71. The Hall–Kier alpha value is -1.96. The second-order valence-electron chi connectivity index (χ2n) is 5.99. The fraction of sp³-hybridized carbons (Fsp3) is 0.714. The van der Waals surface area contributed by atoms with Crippen molar-refractivity contribution in [1.82, 2.24) is 15.1 Å². The van der Waals surface area contributed by atoms with Gasteiger partial charge in [-0.1, -0.05) is 18.8 Å². The number of hydrogen-bond acceptors (Lipinski definition) is 5. The summed E-state index contributed by atoms with van der Waals surface area (Å²) in [5, 5.41) is 12.1. The zero-order valence-corrected chi connectivity index (χ0v) is 13.5. The van der Waals surface area contributed by atoms with Crippen LogP contribution in [-0.4, -0.2) is 83.0 Å². The van der Waals surface area contributed by atoms with Gasteiger partial charge in [0.05, 0.1) is 13.1 Å². The number of fused-ring (bicyclic) bond motifs is 1. The highest BCUT2D eigenvalue weighted by atomic mass is 16.3. The average molecular weight is 310 g/mol. The van der Waals surface area contributed by atoms with Crippen LogP contribution in [0.5, 0.6) is 0 Å². The Morgan fingerprint density at radius 1 is 1.32 bits per heavy atom. The fourth-order valence-electron chi connectivity index (χ4n) is 2.60. The molecule has 1 saturated heterocycles. The molecule has 0 saturated carbocycles. The third-order valence-corrected chi connectivity index (χ3v) is 3.71. The van der Waals surface area contributed by atoms with Crippen molar-refractivity contribution in [3.63, 3.8) is 0 Å². The number of nitrogens with zero attached hydrogens (tertiary/aromatic N) is 4. The minimum Gasteiger partial charge on any atom is -0.396 e. The first-order valence-corrected chi connectivity index (χ1v) is 7.50. The lowest BCUT2D eigenvalue weighted by molar-refractivity contribution is -0.542. The number of aliphatic hydroxyl groups excluding tert-OH is 1. The van der Waals surface area contributed by atoms with Crippen molar-refractivity contribution >= 4 is 23.7 Å². The van der Waals surface area contributed by atoms with E-state index in [9.17, 15) is 9.59 Å². The van der Waals surface area contributed by atoms with Crippen molar-refractivity contribution < 1.29 is 19.3 Å². The topological polar surface area (TPSA) is 88.2 Å². The van der Waals surface area contributed by atoms with Crippen molar-refractivity contribution in [2.45, 2.75) is 26.3 Å². The Labute approximate surface area is 130 Å². The Balaban J connectivity index is 2.34. The van der Waals surface area contributed by atoms with Crippen molar-refractivity contribution in [1.29, 1.82) is 0 Å². The monoisotopic (exact) mass is 310 g/mol. The van der Waals surface area contributed by atoms with E-state index in [0.717, 1.165) is 4.90 Å². The standard InChI is InChI=1S/C14H23N5O3/c1-9(2)8-19-10-11(16-13(19)15-6-5-7-20)17(3)14(22)18(4)12(10)21/h9-10,20H,5-8H2,1-4H3/p+1. The van der Waals surface area contributed by atoms with Gasteiger partial charge < -0.3 is 5.11 Å². The molecule has 8 nitrogen and oxygen atoms in total. The third kappa shape index (κ3) is 2.83. The quantitative estimate of drug-likeness (QED) is 0.518. The summed E-state index contributed by atoms with van der Waals surface area (Å²) in [6.07, 6.45) is 0.594. The fourth-order valence-corrected chi connectivity index (χ4v) is 2.60. The smallest absolute Gasteiger partial charge is 0.390 e. The maximum Gasteiger partial charge on any atom is 0.390 e. The summed E-state index contributed by atoms with van der Waals surface area (Å²) in [5.41, 5.74) is 0. The molecule has 0 aromatic heterocycles. The van der Waals surface area contributed by atoms with Crippen LogP contribution in [0.2, 0.25) is 0 Å². The largest absolute Gasteiger partial charge is 0.396 e. The van der Waals surface area contributed by atoms with Crippen LogP contribution in [-0.2, 0) is 4.79 Å². The molecule has 0 spiro atoms. The molecule has 1 fully saturated rings. The molecule has 0 aromatic rings. The molecule has 2 N–H and O–H groups in total. The van der Waals surface area contributed by atoms with Crippen molar-refractivity contribution in [3.05, 3.63) is 0 Å². The summed E-state index contributed by atoms with van der Waals surface area (Å²) in [4.78, 5) is 31.6. The SMILES string of the molecule is CC(C)C[N+]1=C(NCCCO)N=C2C1C(=O)N(C)C(=O)N2C. The van der Waals surface area contributed by atoms with Crippen LogP contribution in [0, 0.1) is 5.92 Å². The highest BCUT2D eigenvalue weighted by molar-refractivity contribution is 6.22. The lowest BCUT2D eigenvalue weighted by Gasteiger charge is -2.32. The predicted molar refractivity (Wildman–Crippen MR) is 81.8 cm³/mol. The molecular weight excluding hydrogens is 286 g/mol. The number of carbonyl (C=O) groups is 2. The zero-order chi connectivity index (χ0) is 16.4. The van der Waals surface area contributed by atoms with Gasteiger partial charge in [-0.2, -0.15) is 0 Å². The lowest BCUT2D eigenvalue weighted by Crippen LogP contribution is -2.61. The first-order valence-electron chi connectivity index (χ1n) is 7.50. The molecule has 1 atom stereocenters. The second kappa shape index (κ2) is 6.43. The number of likely N-dealkylation sites (N-methyl/N-ethyl adjacent to an activating group) is 2. The number of guanidine groups is 1. The Kier molecular flexibility index (Phi) is 4.80. The summed E-state index contributed by atoms with van der Waals surface area (Å²) >= 11 is 0. The Morgan fingerprint density at radius 2 is 2.00 bits per heavy atom. The molecule has 22 heavy (non-hydrogen) atoms. The van der Waals surface area contributed by atoms with Crippen LogP contribution < -0.4 is 5.32 Å². The normalized spacial score (nSPS) is 21.7. The second-order valence-corrected chi connectivity index (χ2v) is 5.99. The first-order chi connectivity index (χ1) is 10.4. The number of amidine groups is 1. The van der Waals surface area contributed by atoms with E-state index in [1.807, 2.05) is 4.58 Å². The molecule has 3 amide bonds. The number of carbonyl (C=O) groups excluding carboxylic acids is 2. The summed E-state index contributed by atoms with van der Waals surface area (Å²) in [7, 11) is 3.12. The van der Waals surface area contributed by atoms with Crippen LogP contribution in [0.4, 0.5) is 4.79 Å². The van der Waals surface area contributed by atoms with Gasteiger partial charge in [-0.05, 0) is 5.92 Å². The number of nitrogens with one attached hydrogen (secondary N) is 1. The summed E-state index contributed by atoms with van der Waals surface area (Å²) < 4.78 is 1.90. The maximum atomic E-state index is 12.5. The van der Waals surface area contributed by atoms with Gasteiger partial charge >= 0.3 is 12.0 Å². The van der Waals surface area contributed by atoms with Gasteiger partial charge in [0.2, 0.25) is 11.9 Å². The number of aliphatic hydroxyl groups is 1. The van der Waals surface area contributed by atoms with Crippen LogP contribution in [0.15, 0.2) is 4.99 Å². The van der Waals surface area contributed by atoms with Gasteiger partial charge in [-0.3, -0.25) is 19.9 Å². The molecule has 122 valence electrons. The number of aliphatic imine (C=N–C) groups is 1. The van der Waals surface area contributed by atoms with Gasteiger partial charge in [0.15, 0.2) is 0 Å². The van der Waals surface area contributed by atoms with Crippen molar-refractivity contribution in [3.8, 4) is 0 Å². The number of urea groups is 1. The van der Waals surface area contributed by atoms with E-state index < -0.39 is 6.04 Å². The summed E-state index contributed by atoms with van der Waals surface area (Å²) in [6, 6.07) is -0.937. The number of rotatable bonds is 5. The van der Waals surface area contributed by atoms with E-state index in [1.54, 1.807) is 7.05 Å². The van der Waals surface area contributed by atoms with Crippen LogP contribution in [0.25, 0.3) is 0 Å². The minimum absolute atomic E-state index is 0.0878. The van der Waals surface area contributed by atoms with Gasteiger partial charge in [-0.15, -0.1) is 0 Å². The van der Waals surface area contributed by atoms with Crippen molar-refractivity contribution in [2.75, 3.05) is 33.8 Å². The molecule has 0 aromatic carbocycles. The van der Waals surface area contributed by atoms with Gasteiger partial charge in [0, 0.05) is 27.1 Å². The van der Waals surface area contributed by atoms with Crippen LogP contribution >= 0.6 is 0 Å². The highest BCUT2D eigenvalue weighted by Gasteiger charge is 2.51. The van der Waals surface area contributed by atoms with Gasteiger partial charge in [-0.25, -0.2) is 9.37 Å². The van der Waals surface area contributed by atoms with E-state index in [-0.39, 0.29) is 18.5 Å². The molecule has 0 radical (unpaired) electrons.